The highest BCUT2D eigenvalue weighted by atomic mass is 32.1. The van der Waals surface area contributed by atoms with Crippen molar-refractivity contribution in [3.05, 3.63) is 47.2 Å². The van der Waals surface area contributed by atoms with Gasteiger partial charge in [-0.25, -0.2) is 9.59 Å². The summed E-state index contributed by atoms with van der Waals surface area (Å²) < 4.78 is 9.73. The van der Waals surface area contributed by atoms with Gasteiger partial charge in [0.2, 0.25) is 0 Å². The number of hydrogen-bond acceptors (Lipinski definition) is 5. The quantitative estimate of drug-likeness (QED) is 0.575. The van der Waals surface area contributed by atoms with Gasteiger partial charge in [0.25, 0.3) is 0 Å². The molecular weight excluding hydrogens is 240 g/mol. The maximum atomic E-state index is 10.8. The molecule has 0 aliphatic carbocycles. The molecule has 1 heterocycles. The van der Waals surface area contributed by atoms with Crippen molar-refractivity contribution in [2.45, 2.75) is 13.2 Å². The standard InChI is InChI=1S/C12H12O4S/c1-3-11(13)15-7-9-5-6-10(17-9)8-16-12(14)4-2/h3-6H,1-2,7-8H2. The Morgan fingerprint density at radius 2 is 1.47 bits per heavy atom. The molecule has 0 bridgehead atoms. The van der Waals surface area contributed by atoms with Gasteiger partial charge in [0.05, 0.1) is 0 Å². The predicted molar refractivity (Wildman–Crippen MR) is 64.3 cm³/mol. The largest absolute Gasteiger partial charge is 0.457 e. The van der Waals surface area contributed by atoms with Gasteiger partial charge in [-0.2, -0.15) is 0 Å². The Bertz CT molecular complexity index is 395. The van der Waals surface area contributed by atoms with Crippen LogP contribution in [0.4, 0.5) is 0 Å². The van der Waals surface area contributed by atoms with Crippen LogP contribution in [0.25, 0.3) is 0 Å². The van der Waals surface area contributed by atoms with E-state index in [2.05, 4.69) is 13.2 Å². The normalized spacial score (nSPS) is 9.41. The third-order valence-electron chi connectivity index (χ3n) is 1.76. The van der Waals surface area contributed by atoms with Gasteiger partial charge in [0, 0.05) is 21.9 Å². The van der Waals surface area contributed by atoms with E-state index in [0.29, 0.717) is 0 Å². The molecule has 4 nitrogen and oxygen atoms in total. The molecule has 0 N–H and O–H groups in total. The molecule has 0 amide bonds. The fourth-order valence-corrected chi connectivity index (χ4v) is 1.82. The number of esters is 2. The van der Waals surface area contributed by atoms with Crippen LogP contribution in [0.15, 0.2) is 37.4 Å². The minimum atomic E-state index is -0.460. The van der Waals surface area contributed by atoms with E-state index in [9.17, 15) is 9.59 Å². The molecule has 17 heavy (non-hydrogen) atoms. The molecule has 1 aromatic heterocycles. The van der Waals surface area contributed by atoms with Crippen LogP contribution in [-0.2, 0) is 32.3 Å². The first-order valence-electron chi connectivity index (χ1n) is 4.81. The third-order valence-corrected chi connectivity index (χ3v) is 2.80. The highest BCUT2D eigenvalue weighted by Gasteiger charge is 2.04. The number of hydrogen-bond donors (Lipinski definition) is 0. The van der Waals surface area contributed by atoms with Gasteiger partial charge in [-0.05, 0) is 12.1 Å². The Balaban J connectivity index is 2.42. The molecule has 0 aliphatic heterocycles. The summed E-state index contributed by atoms with van der Waals surface area (Å²) in [6.45, 7) is 7.00. The second kappa shape index (κ2) is 6.65. The molecule has 0 unspecified atom stereocenters. The monoisotopic (exact) mass is 252 g/mol. The summed E-state index contributed by atoms with van der Waals surface area (Å²) in [4.78, 5) is 23.4. The predicted octanol–water partition coefficient (Wildman–Crippen LogP) is 2.21. The summed E-state index contributed by atoms with van der Waals surface area (Å²) in [7, 11) is 0. The Kier molecular flexibility index (Phi) is 5.16. The molecular formula is C12H12O4S. The van der Waals surface area contributed by atoms with Gasteiger partial charge >= 0.3 is 11.9 Å². The smallest absolute Gasteiger partial charge is 0.330 e. The van der Waals surface area contributed by atoms with Crippen LogP contribution in [0.1, 0.15) is 9.75 Å². The van der Waals surface area contributed by atoms with Crippen LogP contribution in [0.3, 0.4) is 0 Å². The SMILES string of the molecule is C=CC(=O)OCc1ccc(COC(=O)C=C)s1. The minimum absolute atomic E-state index is 0.199. The first kappa shape index (κ1) is 13.2. The molecule has 0 radical (unpaired) electrons. The molecule has 0 spiro atoms. The molecule has 1 rings (SSSR count). The number of rotatable bonds is 6. The molecule has 0 aliphatic rings. The molecule has 0 aromatic carbocycles. The van der Waals surface area contributed by atoms with Crippen molar-refractivity contribution in [3.63, 3.8) is 0 Å². The first-order valence-corrected chi connectivity index (χ1v) is 5.63. The highest BCUT2D eigenvalue weighted by molar-refractivity contribution is 7.11. The minimum Gasteiger partial charge on any atom is -0.457 e. The van der Waals surface area contributed by atoms with Crippen molar-refractivity contribution in [3.8, 4) is 0 Å². The van der Waals surface area contributed by atoms with E-state index < -0.39 is 11.9 Å². The van der Waals surface area contributed by atoms with Crippen LogP contribution >= 0.6 is 11.3 Å². The summed E-state index contributed by atoms with van der Waals surface area (Å²) in [6.07, 6.45) is 2.22. The van der Waals surface area contributed by atoms with Gasteiger partial charge in [0.15, 0.2) is 0 Å². The maximum absolute atomic E-state index is 10.8. The van der Waals surface area contributed by atoms with Crippen LogP contribution in [0.2, 0.25) is 0 Å². The van der Waals surface area contributed by atoms with Crippen molar-refractivity contribution in [1.82, 2.24) is 0 Å². The van der Waals surface area contributed by atoms with Gasteiger partial charge in [-0.1, -0.05) is 13.2 Å². The maximum Gasteiger partial charge on any atom is 0.330 e. The van der Waals surface area contributed by atoms with Crippen LogP contribution in [0.5, 0.6) is 0 Å². The van der Waals surface area contributed by atoms with E-state index in [4.69, 9.17) is 9.47 Å². The van der Waals surface area contributed by atoms with E-state index in [0.717, 1.165) is 21.9 Å². The average molecular weight is 252 g/mol. The fraction of sp³-hybridized carbons (Fsp3) is 0.167. The van der Waals surface area contributed by atoms with Gasteiger partial charge in [0.1, 0.15) is 13.2 Å². The average Bonchev–Trinajstić information content (AvgIpc) is 2.80. The molecule has 0 saturated carbocycles. The second-order valence-corrected chi connectivity index (χ2v) is 4.24. The Labute approximate surface area is 103 Å². The summed E-state index contributed by atoms with van der Waals surface area (Å²) in [5, 5.41) is 0. The summed E-state index contributed by atoms with van der Waals surface area (Å²) in [5.41, 5.74) is 0. The van der Waals surface area contributed by atoms with E-state index in [-0.39, 0.29) is 13.2 Å². The molecule has 0 saturated heterocycles. The molecule has 0 fully saturated rings. The number of carbonyl (C=O) groups is 2. The van der Waals surface area contributed by atoms with Crippen LogP contribution < -0.4 is 0 Å². The fourth-order valence-electron chi connectivity index (χ4n) is 0.980. The van der Waals surface area contributed by atoms with E-state index in [1.54, 1.807) is 0 Å². The van der Waals surface area contributed by atoms with Crippen molar-refractivity contribution in [2.75, 3.05) is 0 Å². The van der Waals surface area contributed by atoms with Crippen LogP contribution in [0, 0.1) is 0 Å². The highest BCUT2D eigenvalue weighted by Crippen LogP contribution is 2.18. The van der Waals surface area contributed by atoms with Gasteiger partial charge in [-0.15, -0.1) is 11.3 Å². The Hall–Kier alpha value is -1.88. The number of thiophene rings is 1. The Morgan fingerprint density at radius 1 is 1.06 bits per heavy atom. The topological polar surface area (TPSA) is 52.6 Å². The first-order chi connectivity index (χ1) is 8.15. The van der Waals surface area contributed by atoms with E-state index >= 15 is 0 Å². The second-order valence-electron chi connectivity index (χ2n) is 2.99. The van der Waals surface area contributed by atoms with Crippen molar-refractivity contribution >= 4 is 23.3 Å². The van der Waals surface area contributed by atoms with E-state index in [1.165, 1.54) is 11.3 Å². The summed E-state index contributed by atoms with van der Waals surface area (Å²) in [6, 6.07) is 3.64. The summed E-state index contributed by atoms with van der Waals surface area (Å²) in [5.74, 6) is -0.920. The number of carbonyl (C=O) groups excluding carboxylic acids is 2. The zero-order valence-corrected chi connectivity index (χ0v) is 10.00. The lowest BCUT2D eigenvalue weighted by molar-refractivity contribution is -0.139. The zero-order valence-electron chi connectivity index (χ0n) is 9.18. The van der Waals surface area contributed by atoms with Gasteiger partial charge in [-0.3, -0.25) is 0 Å². The summed E-state index contributed by atoms with van der Waals surface area (Å²) >= 11 is 1.41. The zero-order chi connectivity index (χ0) is 12.7. The van der Waals surface area contributed by atoms with E-state index in [1.807, 2.05) is 12.1 Å². The molecule has 0 atom stereocenters. The van der Waals surface area contributed by atoms with Crippen molar-refractivity contribution in [1.29, 1.82) is 0 Å². The Morgan fingerprint density at radius 3 is 1.82 bits per heavy atom. The van der Waals surface area contributed by atoms with Crippen molar-refractivity contribution < 1.29 is 19.1 Å². The molecule has 1 aromatic rings. The van der Waals surface area contributed by atoms with Crippen LogP contribution in [-0.4, -0.2) is 11.9 Å². The molecule has 5 heteroatoms. The number of ether oxygens (including phenoxy) is 2. The lowest BCUT2D eigenvalue weighted by atomic mass is 10.4. The molecule has 90 valence electrons. The van der Waals surface area contributed by atoms with Gasteiger partial charge < -0.3 is 9.47 Å². The van der Waals surface area contributed by atoms with Crippen molar-refractivity contribution in [2.24, 2.45) is 0 Å². The lowest BCUT2D eigenvalue weighted by Crippen LogP contribution is -1.99. The lowest BCUT2D eigenvalue weighted by Gasteiger charge is -1.99. The third kappa shape index (κ3) is 4.65.